The molecular formula is C28H27BrN2O3. The van der Waals surface area contributed by atoms with Gasteiger partial charge in [-0.05, 0) is 75.6 Å². The van der Waals surface area contributed by atoms with Gasteiger partial charge >= 0.3 is 0 Å². The van der Waals surface area contributed by atoms with Gasteiger partial charge in [0.05, 0.1) is 29.0 Å². The molecule has 2 atom stereocenters. The molecule has 0 saturated heterocycles. The van der Waals surface area contributed by atoms with Crippen LogP contribution in [0.2, 0.25) is 0 Å². The van der Waals surface area contributed by atoms with Crippen molar-refractivity contribution in [1.82, 2.24) is 0 Å². The summed E-state index contributed by atoms with van der Waals surface area (Å²) in [7, 11) is 1.52. The topological polar surface area (TPSA) is 70.6 Å². The van der Waals surface area contributed by atoms with Crippen LogP contribution in [0.3, 0.4) is 0 Å². The molecule has 6 heteroatoms. The summed E-state index contributed by atoms with van der Waals surface area (Å²) in [6, 6.07) is 19.9. The summed E-state index contributed by atoms with van der Waals surface area (Å²) in [5.74, 6) is 0.637. The first-order chi connectivity index (χ1) is 16.5. The van der Waals surface area contributed by atoms with Gasteiger partial charge in [-0.2, -0.15) is 0 Å². The molecule has 0 fully saturated rings. The average Bonchev–Trinajstić information content (AvgIpc) is 3.02. The van der Waals surface area contributed by atoms with E-state index >= 15 is 0 Å². The van der Waals surface area contributed by atoms with Gasteiger partial charge in [-0.25, -0.2) is 0 Å². The van der Waals surface area contributed by atoms with E-state index in [4.69, 9.17) is 4.74 Å². The van der Waals surface area contributed by atoms with Crippen molar-refractivity contribution in [2.45, 2.75) is 38.1 Å². The molecule has 2 unspecified atom stereocenters. The van der Waals surface area contributed by atoms with Crippen molar-refractivity contribution in [2.24, 2.45) is 0 Å². The largest absolute Gasteiger partial charge is 0.503 e. The van der Waals surface area contributed by atoms with Gasteiger partial charge in [-0.15, -0.1) is 0 Å². The number of methoxy groups -OCH3 is 1. The zero-order valence-corrected chi connectivity index (χ0v) is 20.8. The van der Waals surface area contributed by atoms with Crippen LogP contribution >= 0.6 is 15.9 Å². The molecule has 0 aromatic heterocycles. The third-order valence-corrected chi connectivity index (χ3v) is 7.38. The Hall–Kier alpha value is -3.25. The SMILES string of the molecule is CCc1ccc(C2CC(=O)C3=C(C2)Nc2ccccc2NC3c2cc(Br)c(O)c(OC)c2)cc1. The molecule has 3 aromatic carbocycles. The number of carbonyl (C=O) groups excluding carboxylic acids is 1. The predicted octanol–water partition coefficient (Wildman–Crippen LogP) is 6.71. The molecule has 0 spiro atoms. The lowest BCUT2D eigenvalue weighted by Gasteiger charge is -2.30. The number of phenolic OH excluding ortho intramolecular Hbond substituents is 1. The molecule has 34 heavy (non-hydrogen) atoms. The Morgan fingerprint density at radius 2 is 1.76 bits per heavy atom. The molecule has 0 amide bonds. The van der Waals surface area contributed by atoms with Gasteiger partial charge in [0.2, 0.25) is 0 Å². The first kappa shape index (κ1) is 22.5. The van der Waals surface area contributed by atoms with E-state index in [-0.39, 0.29) is 23.5 Å². The van der Waals surface area contributed by atoms with Crippen LogP contribution in [0.5, 0.6) is 11.5 Å². The molecule has 3 N–H and O–H groups in total. The van der Waals surface area contributed by atoms with Gasteiger partial charge in [-0.3, -0.25) is 4.79 Å². The lowest BCUT2D eigenvalue weighted by atomic mass is 9.78. The molecule has 0 saturated carbocycles. The van der Waals surface area contributed by atoms with Gasteiger partial charge in [0.1, 0.15) is 0 Å². The van der Waals surface area contributed by atoms with Crippen molar-refractivity contribution in [3.8, 4) is 11.5 Å². The number of carbonyl (C=O) groups is 1. The Kier molecular flexibility index (Phi) is 6.09. The number of fused-ring (bicyclic) bond motifs is 1. The summed E-state index contributed by atoms with van der Waals surface area (Å²) in [6.45, 7) is 2.15. The third kappa shape index (κ3) is 4.07. The molecule has 174 valence electrons. The van der Waals surface area contributed by atoms with E-state index in [2.05, 4.69) is 57.8 Å². The molecule has 1 aliphatic carbocycles. The number of para-hydroxylation sites is 2. The highest BCUT2D eigenvalue weighted by atomic mass is 79.9. The number of benzene rings is 3. The van der Waals surface area contributed by atoms with Gasteiger partial charge in [-0.1, -0.05) is 43.3 Å². The zero-order valence-electron chi connectivity index (χ0n) is 19.2. The number of Topliss-reactive ketones (excluding diaryl/α,β-unsaturated/α-hetero) is 1. The summed E-state index contributed by atoms with van der Waals surface area (Å²) < 4.78 is 5.91. The summed E-state index contributed by atoms with van der Waals surface area (Å²) in [5.41, 5.74) is 6.85. The van der Waals surface area contributed by atoms with Gasteiger partial charge < -0.3 is 20.5 Å². The molecule has 0 bridgehead atoms. The van der Waals surface area contributed by atoms with E-state index in [1.54, 1.807) is 6.07 Å². The van der Waals surface area contributed by atoms with Gasteiger partial charge in [0, 0.05) is 17.7 Å². The van der Waals surface area contributed by atoms with Crippen LogP contribution in [0.15, 0.2) is 76.4 Å². The second-order valence-corrected chi connectivity index (χ2v) is 9.67. The Balaban J connectivity index is 1.61. The second-order valence-electron chi connectivity index (χ2n) is 8.82. The number of hydrogen-bond donors (Lipinski definition) is 3. The van der Waals surface area contributed by atoms with Crippen molar-refractivity contribution < 1.29 is 14.6 Å². The molecule has 3 aromatic rings. The zero-order chi connectivity index (χ0) is 23.8. The van der Waals surface area contributed by atoms with Crippen molar-refractivity contribution >= 4 is 33.1 Å². The molecule has 5 nitrogen and oxygen atoms in total. The molecule has 1 aliphatic heterocycles. The standard InChI is InChI=1S/C28H27BrN2O3/c1-3-16-8-10-17(11-9-16)18-13-23-26(24(32)14-18)27(31-22-7-5-4-6-21(22)30-23)19-12-20(29)28(33)25(15-19)34-2/h4-12,15,18,27,30-31,33H,3,13-14H2,1-2H3. The summed E-state index contributed by atoms with van der Waals surface area (Å²) >= 11 is 3.44. The average molecular weight is 519 g/mol. The maximum Gasteiger partial charge on any atom is 0.172 e. The summed E-state index contributed by atoms with van der Waals surface area (Å²) in [6.07, 6.45) is 2.20. The molecule has 0 radical (unpaired) electrons. The number of aryl methyl sites for hydroxylation is 1. The normalized spacial score (nSPS) is 19.4. The van der Waals surface area contributed by atoms with Crippen LogP contribution in [0, 0.1) is 0 Å². The van der Waals surface area contributed by atoms with E-state index in [9.17, 15) is 9.90 Å². The maximum absolute atomic E-state index is 13.7. The van der Waals surface area contributed by atoms with Crippen molar-refractivity contribution in [1.29, 1.82) is 0 Å². The van der Waals surface area contributed by atoms with Crippen LogP contribution < -0.4 is 15.4 Å². The van der Waals surface area contributed by atoms with E-state index in [0.717, 1.165) is 41.1 Å². The Morgan fingerprint density at radius 3 is 2.47 bits per heavy atom. The van der Waals surface area contributed by atoms with E-state index in [1.165, 1.54) is 18.2 Å². The van der Waals surface area contributed by atoms with Crippen molar-refractivity contribution in [3.05, 3.63) is 93.1 Å². The minimum absolute atomic E-state index is 0.0400. The smallest absolute Gasteiger partial charge is 0.172 e. The predicted molar refractivity (Wildman–Crippen MR) is 139 cm³/mol. The highest BCUT2D eigenvalue weighted by Gasteiger charge is 2.36. The molecule has 5 rings (SSSR count). The third-order valence-electron chi connectivity index (χ3n) is 6.77. The number of ether oxygens (including phenoxy) is 1. The molecular weight excluding hydrogens is 492 g/mol. The Morgan fingerprint density at radius 1 is 1.03 bits per heavy atom. The number of anilines is 2. The van der Waals surface area contributed by atoms with E-state index < -0.39 is 0 Å². The fraction of sp³-hybridized carbons (Fsp3) is 0.250. The number of aromatic hydroxyl groups is 1. The lowest BCUT2D eigenvalue weighted by molar-refractivity contribution is -0.116. The maximum atomic E-state index is 13.7. The van der Waals surface area contributed by atoms with Crippen LogP contribution in [-0.4, -0.2) is 18.0 Å². The van der Waals surface area contributed by atoms with Crippen molar-refractivity contribution in [2.75, 3.05) is 17.7 Å². The highest BCUT2D eigenvalue weighted by molar-refractivity contribution is 9.10. The number of rotatable bonds is 4. The van der Waals surface area contributed by atoms with E-state index in [0.29, 0.717) is 16.6 Å². The Labute approximate surface area is 208 Å². The van der Waals surface area contributed by atoms with Crippen LogP contribution in [0.1, 0.15) is 48.4 Å². The second kappa shape index (κ2) is 9.18. The molecule has 2 aliphatic rings. The minimum Gasteiger partial charge on any atom is -0.503 e. The van der Waals surface area contributed by atoms with Crippen LogP contribution in [0.25, 0.3) is 0 Å². The van der Waals surface area contributed by atoms with Crippen molar-refractivity contribution in [3.63, 3.8) is 0 Å². The fourth-order valence-corrected chi connectivity index (χ4v) is 5.38. The number of hydrogen-bond acceptors (Lipinski definition) is 5. The van der Waals surface area contributed by atoms with Crippen LogP contribution in [-0.2, 0) is 11.2 Å². The quantitative estimate of drug-likeness (QED) is 0.358. The number of halogens is 1. The monoisotopic (exact) mass is 518 g/mol. The number of nitrogens with one attached hydrogen (secondary N) is 2. The lowest BCUT2D eigenvalue weighted by Crippen LogP contribution is -2.27. The van der Waals surface area contributed by atoms with Gasteiger partial charge in [0.25, 0.3) is 0 Å². The molecule has 1 heterocycles. The van der Waals surface area contributed by atoms with Gasteiger partial charge in [0.15, 0.2) is 17.3 Å². The number of allylic oxidation sites excluding steroid dienone is 1. The first-order valence-electron chi connectivity index (χ1n) is 11.5. The number of phenols is 1. The van der Waals surface area contributed by atoms with E-state index in [1.807, 2.05) is 30.3 Å². The number of ketones is 1. The first-order valence-corrected chi connectivity index (χ1v) is 12.3. The minimum atomic E-state index is -0.382. The van der Waals surface area contributed by atoms with Crippen LogP contribution in [0.4, 0.5) is 11.4 Å². The fourth-order valence-electron chi connectivity index (χ4n) is 4.92. The summed E-state index contributed by atoms with van der Waals surface area (Å²) in [5, 5.41) is 17.5. The highest BCUT2D eigenvalue weighted by Crippen LogP contribution is 2.46. The summed E-state index contributed by atoms with van der Waals surface area (Å²) in [4.78, 5) is 13.7. The Bertz CT molecular complexity index is 1280.